The van der Waals surface area contributed by atoms with E-state index in [1.54, 1.807) is 0 Å². The second-order valence-corrected chi connectivity index (χ2v) is 5.57. The molecule has 3 atom stereocenters. The van der Waals surface area contributed by atoms with Gasteiger partial charge in [-0.15, -0.1) is 0 Å². The van der Waals surface area contributed by atoms with Gasteiger partial charge in [0.15, 0.2) is 6.29 Å². The maximum absolute atomic E-state index is 9.51. The third-order valence-electron chi connectivity index (χ3n) is 2.52. The van der Waals surface area contributed by atoms with Crippen molar-refractivity contribution in [2.24, 2.45) is 0 Å². The van der Waals surface area contributed by atoms with Crippen LogP contribution in [-0.2, 0) is 9.47 Å². The maximum atomic E-state index is 9.51. The van der Waals surface area contributed by atoms with Gasteiger partial charge in [0.1, 0.15) is 0 Å². The minimum atomic E-state index is -0.462. The highest BCUT2D eigenvalue weighted by atomic mass is 16.7. The molecule has 0 aromatic rings. The van der Waals surface area contributed by atoms with Gasteiger partial charge in [0.05, 0.1) is 23.9 Å². The molecule has 1 rings (SSSR count). The van der Waals surface area contributed by atoms with Crippen molar-refractivity contribution in [2.75, 3.05) is 0 Å². The van der Waals surface area contributed by atoms with Crippen molar-refractivity contribution < 1.29 is 19.7 Å². The molecular weight excluding hydrogens is 208 g/mol. The van der Waals surface area contributed by atoms with Crippen molar-refractivity contribution in [3.63, 3.8) is 0 Å². The lowest BCUT2D eigenvalue weighted by molar-refractivity contribution is -0.219. The molecule has 0 aromatic heterocycles. The normalized spacial score (nSPS) is 33.8. The molecule has 4 nitrogen and oxygen atoms in total. The Hall–Kier alpha value is -0.160. The van der Waals surface area contributed by atoms with E-state index in [0.717, 1.165) is 0 Å². The Kier molecular flexibility index (Phi) is 4.73. The number of rotatable bonds is 3. The van der Waals surface area contributed by atoms with Crippen molar-refractivity contribution in [1.82, 2.24) is 0 Å². The van der Waals surface area contributed by atoms with E-state index in [9.17, 15) is 10.2 Å². The first kappa shape index (κ1) is 13.9. The van der Waals surface area contributed by atoms with Crippen LogP contribution in [-0.4, -0.2) is 40.4 Å². The standard InChI is InChI=1S/C12H24O4/c1-8(16-12(2,3)4)15-11-6-9(13)5-10(14)7-11/h8-11,13-14H,5-7H2,1-4H3. The number of aliphatic hydroxyl groups is 2. The zero-order valence-corrected chi connectivity index (χ0v) is 10.6. The first-order valence-corrected chi connectivity index (χ1v) is 5.95. The van der Waals surface area contributed by atoms with Gasteiger partial charge in [0, 0.05) is 0 Å². The van der Waals surface area contributed by atoms with E-state index in [1.807, 2.05) is 27.7 Å². The molecule has 0 aromatic carbocycles. The van der Waals surface area contributed by atoms with Crippen LogP contribution in [0.25, 0.3) is 0 Å². The van der Waals surface area contributed by atoms with Crippen LogP contribution in [0.3, 0.4) is 0 Å². The van der Waals surface area contributed by atoms with Crippen LogP contribution >= 0.6 is 0 Å². The molecule has 1 fully saturated rings. The average molecular weight is 232 g/mol. The summed E-state index contributed by atoms with van der Waals surface area (Å²) in [6.07, 6.45) is 0.253. The predicted molar refractivity (Wildman–Crippen MR) is 61.0 cm³/mol. The zero-order chi connectivity index (χ0) is 12.3. The summed E-state index contributed by atoms with van der Waals surface area (Å²) in [5.74, 6) is 0. The van der Waals surface area contributed by atoms with E-state index < -0.39 is 12.2 Å². The molecule has 1 aliphatic carbocycles. The third kappa shape index (κ3) is 5.25. The maximum Gasteiger partial charge on any atom is 0.155 e. The highest BCUT2D eigenvalue weighted by Crippen LogP contribution is 2.24. The second-order valence-electron chi connectivity index (χ2n) is 5.57. The Bertz CT molecular complexity index is 202. The van der Waals surface area contributed by atoms with Gasteiger partial charge < -0.3 is 19.7 Å². The topological polar surface area (TPSA) is 58.9 Å². The van der Waals surface area contributed by atoms with E-state index in [4.69, 9.17) is 9.47 Å². The fraction of sp³-hybridized carbons (Fsp3) is 1.00. The Balaban J connectivity index is 2.35. The molecular formula is C12H24O4. The van der Waals surface area contributed by atoms with Crippen molar-refractivity contribution >= 4 is 0 Å². The SMILES string of the molecule is CC(OC1CC(O)CC(O)C1)OC(C)(C)C. The summed E-state index contributed by atoms with van der Waals surface area (Å²) in [4.78, 5) is 0. The monoisotopic (exact) mass is 232 g/mol. The van der Waals surface area contributed by atoms with Gasteiger partial charge >= 0.3 is 0 Å². The minimum absolute atomic E-state index is 0.115. The summed E-state index contributed by atoms with van der Waals surface area (Å²) in [7, 11) is 0. The van der Waals surface area contributed by atoms with Gasteiger partial charge in [-0.25, -0.2) is 0 Å². The van der Waals surface area contributed by atoms with Crippen LogP contribution < -0.4 is 0 Å². The molecule has 0 bridgehead atoms. The van der Waals surface area contributed by atoms with Crippen LogP contribution in [0.2, 0.25) is 0 Å². The summed E-state index contributed by atoms with van der Waals surface area (Å²) >= 11 is 0. The summed E-state index contributed by atoms with van der Waals surface area (Å²) in [5.41, 5.74) is -0.245. The molecule has 1 saturated carbocycles. The third-order valence-corrected chi connectivity index (χ3v) is 2.52. The van der Waals surface area contributed by atoms with E-state index in [1.165, 1.54) is 0 Å². The van der Waals surface area contributed by atoms with Gasteiger partial charge in [-0.05, 0) is 47.0 Å². The number of hydrogen-bond donors (Lipinski definition) is 2. The molecule has 16 heavy (non-hydrogen) atoms. The fourth-order valence-corrected chi connectivity index (χ4v) is 2.12. The van der Waals surface area contributed by atoms with Crippen LogP contribution in [0.5, 0.6) is 0 Å². The lowest BCUT2D eigenvalue weighted by Crippen LogP contribution is -2.38. The molecule has 2 N–H and O–H groups in total. The van der Waals surface area contributed by atoms with Crippen molar-refractivity contribution in [2.45, 2.75) is 77.2 Å². The number of ether oxygens (including phenoxy) is 2. The van der Waals surface area contributed by atoms with Crippen molar-refractivity contribution in [1.29, 1.82) is 0 Å². The van der Waals surface area contributed by atoms with Gasteiger partial charge in [-0.2, -0.15) is 0 Å². The Morgan fingerprint density at radius 3 is 2.00 bits per heavy atom. The lowest BCUT2D eigenvalue weighted by Gasteiger charge is -2.33. The molecule has 0 amide bonds. The number of hydrogen-bond acceptors (Lipinski definition) is 4. The zero-order valence-electron chi connectivity index (χ0n) is 10.6. The molecule has 0 radical (unpaired) electrons. The van der Waals surface area contributed by atoms with Gasteiger partial charge in [-0.3, -0.25) is 0 Å². The molecule has 3 unspecified atom stereocenters. The van der Waals surface area contributed by atoms with E-state index in [-0.39, 0.29) is 18.0 Å². The Morgan fingerprint density at radius 2 is 1.56 bits per heavy atom. The van der Waals surface area contributed by atoms with Crippen molar-refractivity contribution in [3.8, 4) is 0 Å². The first-order chi connectivity index (χ1) is 7.26. The van der Waals surface area contributed by atoms with Gasteiger partial charge in [-0.1, -0.05) is 0 Å². The quantitative estimate of drug-likeness (QED) is 0.723. The number of aliphatic hydroxyl groups excluding tert-OH is 2. The molecule has 0 heterocycles. The van der Waals surface area contributed by atoms with Crippen LogP contribution in [0.4, 0.5) is 0 Å². The fourth-order valence-electron chi connectivity index (χ4n) is 2.12. The lowest BCUT2D eigenvalue weighted by atomic mass is 9.92. The minimum Gasteiger partial charge on any atom is -0.393 e. The molecule has 0 aliphatic heterocycles. The van der Waals surface area contributed by atoms with E-state index in [2.05, 4.69) is 0 Å². The molecule has 96 valence electrons. The highest BCUT2D eigenvalue weighted by Gasteiger charge is 2.29. The van der Waals surface area contributed by atoms with Crippen LogP contribution in [0.15, 0.2) is 0 Å². The average Bonchev–Trinajstić information content (AvgIpc) is 1.96. The summed E-state index contributed by atoms with van der Waals surface area (Å²) in [6, 6.07) is 0. The highest BCUT2D eigenvalue weighted by molar-refractivity contribution is 4.78. The van der Waals surface area contributed by atoms with Crippen molar-refractivity contribution in [3.05, 3.63) is 0 Å². The molecule has 4 heteroatoms. The Morgan fingerprint density at radius 1 is 1.06 bits per heavy atom. The van der Waals surface area contributed by atoms with Gasteiger partial charge in [0.2, 0.25) is 0 Å². The van der Waals surface area contributed by atoms with E-state index >= 15 is 0 Å². The first-order valence-electron chi connectivity index (χ1n) is 5.95. The predicted octanol–water partition coefficient (Wildman–Crippen LogP) is 1.44. The molecule has 0 spiro atoms. The van der Waals surface area contributed by atoms with Crippen LogP contribution in [0, 0.1) is 0 Å². The van der Waals surface area contributed by atoms with E-state index in [0.29, 0.717) is 19.3 Å². The van der Waals surface area contributed by atoms with Crippen LogP contribution in [0.1, 0.15) is 47.0 Å². The Labute approximate surface area is 97.6 Å². The second kappa shape index (κ2) is 5.45. The summed E-state index contributed by atoms with van der Waals surface area (Å²) < 4.78 is 11.3. The summed E-state index contributed by atoms with van der Waals surface area (Å²) in [6.45, 7) is 7.75. The molecule has 0 saturated heterocycles. The largest absolute Gasteiger partial charge is 0.393 e. The summed E-state index contributed by atoms with van der Waals surface area (Å²) in [5, 5.41) is 19.0. The molecule has 1 aliphatic rings. The smallest absolute Gasteiger partial charge is 0.155 e. The van der Waals surface area contributed by atoms with Gasteiger partial charge in [0.25, 0.3) is 0 Å².